The molecule has 0 heterocycles. The minimum Gasteiger partial charge on any atom is -0.462 e. The number of allylic oxidation sites excluding steroid dienone is 18. The first kappa shape index (κ1) is 75.1. The SMILES string of the molecule is CC/C=C\C/C=C\C/C=C\C/C=C\C/C=C\C/C=C\C/C=C\C/C=C\C/C=C\CCCCCCCCCC(=O)OCC(COC(=O)CCCCCCCCCCC)OC(=O)CCCCCCCCCCCCCCCCCCC. The summed E-state index contributed by atoms with van der Waals surface area (Å²) in [6.45, 7) is 6.53. The molecule has 0 aromatic heterocycles. The van der Waals surface area contributed by atoms with E-state index < -0.39 is 6.10 Å². The van der Waals surface area contributed by atoms with Gasteiger partial charge in [0.2, 0.25) is 0 Å². The van der Waals surface area contributed by atoms with Crippen LogP contribution in [-0.2, 0) is 28.6 Å². The molecule has 79 heavy (non-hydrogen) atoms. The molecule has 0 saturated heterocycles. The third-order valence-electron chi connectivity index (χ3n) is 14.3. The van der Waals surface area contributed by atoms with Gasteiger partial charge in [0.15, 0.2) is 6.10 Å². The van der Waals surface area contributed by atoms with Gasteiger partial charge in [-0.25, -0.2) is 0 Å². The van der Waals surface area contributed by atoms with E-state index in [1.54, 1.807) is 0 Å². The van der Waals surface area contributed by atoms with Gasteiger partial charge in [-0.2, -0.15) is 0 Å². The van der Waals surface area contributed by atoms with Crippen molar-refractivity contribution in [3.8, 4) is 0 Å². The van der Waals surface area contributed by atoms with E-state index >= 15 is 0 Å². The lowest BCUT2D eigenvalue weighted by Crippen LogP contribution is -2.30. The molecule has 0 saturated carbocycles. The van der Waals surface area contributed by atoms with Gasteiger partial charge in [0.05, 0.1) is 0 Å². The van der Waals surface area contributed by atoms with E-state index in [0.29, 0.717) is 19.3 Å². The number of carbonyl (C=O) groups excluding carboxylic acids is 3. The van der Waals surface area contributed by atoms with Gasteiger partial charge in [-0.15, -0.1) is 0 Å². The summed E-state index contributed by atoms with van der Waals surface area (Å²) in [4.78, 5) is 38.2. The molecule has 0 aliphatic carbocycles. The van der Waals surface area contributed by atoms with Gasteiger partial charge in [0, 0.05) is 19.3 Å². The van der Waals surface area contributed by atoms with Crippen molar-refractivity contribution in [2.45, 2.75) is 322 Å². The molecule has 0 radical (unpaired) electrons. The Morgan fingerprint density at radius 1 is 0.266 bits per heavy atom. The van der Waals surface area contributed by atoms with Crippen molar-refractivity contribution in [1.29, 1.82) is 0 Å². The molecular formula is C73H124O6. The number of esters is 3. The third kappa shape index (κ3) is 64.8. The Balaban J connectivity index is 4.18. The van der Waals surface area contributed by atoms with Crippen molar-refractivity contribution in [3.05, 3.63) is 109 Å². The highest BCUT2D eigenvalue weighted by atomic mass is 16.6. The zero-order valence-corrected chi connectivity index (χ0v) is 51.9. The summed E-state index contributed by atoms with van der Waals surface area (Å²) < 4.78 is 16.9. The highest BCUT2D eigenvalue weighted by molar-refractivity contribution is 5.71. The molecule has 452 valence electrons. The quantitative estimate of drug-likeness (QED) is 0.0261. The molecule has 0 fully saturated rings. The minimum atomic E-state index is -0.779. The summed E-state index contributed by atoms with van der Waals surface area (Å²) in [6.07, 6.45) is 91.1. The van der Waals surface area contributed by atoms with Crippen molar-refractivity contribution in [2.24, 2.45) is 0 Å². The fourth-order valence-corrected chi connectivity index (χ4v) is 9.32. The average molecular weight is 1100 g/mol. The van der Waals surface area contributed by atoms with Crippen LogP contribution in [0.25, 0.3) is 0 Å². The van der Waals surface area contributed by atoms with Crippen LogP contribution < -0.4 is 0 Å². The number of ether oxygens (including phenoxy) is 3. The number of carbonyl (C=O) groups is 3. The van der Waals surface area contributed by atoms with Crippen LogP contribution in [0.4, 0.5) is 0 Å². The van der Waals surface area contributed by atoms with Gasteiger partial charge in [-0.05, 0) is 89.9 Å². The Hall–Kier alpha value is -3.93. The second-order valence-corrected chi connectivity index (χ2v) is 22.0. The highest BCUT2D eigenvalue weighted by Crippen LogP contribution is 2.17. The van der Waals surface area contributed by atoms with E-state index in [0.717, 1.165) is 122 Å². The molecule has 1 atom stereocenters. The Labute approximate surface area is 489 Å². The molecule has 0 amide bonds. The number of hydrogen-bond donors (Lipinski definition) is 0. The van der Waals surface area contributed by atoms with Crippen molar-refractivity contribution < 1.29 is 28.6 Å². The number of rotatable bonds is 60. The van der Waals surface area contributed by atoms with Crippen LogP contribution in [0, 0.1) is 0 Å². The first-order chi connectivity index (χ1) is 39.0. The maximum atomic E-state index is 12.9. The fraction of sp³-hybridized carbons (Fsp3) is 0.712. The minimum absolute atomic E-state index is 0.0771. The van der Waals surface area contributed by atoms with Crippen LogP contribution in [0.1, 0.15) is 316 Å². The van der Waals surface area contributed by atoms with Crippen molar-refractivity contribution in [1.82, 2.24) is 0 Å². The van der Waals surface area contributed by atoms with Gasteiger partial charge in [-0.3, -0.25) is 14.4 Å². The summed E-state index contributed by atoms with van der Waals surface area (Å²) in [6, 6.07) is 0. The lowest BCUT2D eigenvalue weighted by Gasteiger charge is -2.18. The summed E-state index contributed by atoms with van der Waals surface area (Å²) in [5.74, 6) is -0.880. The molecule has 0 bridgehead atoms. The van der Waals surface area contributed by atoms with Crippen molar-refractivity contribution in [2.75, 3.05) is 13.2 Å². The topological polar surface area (TPSA) is 78.9 Å². The predicted octanol–water partition coefficient (Wildman–Crippen LogP) is 23.0. The summed E-state index contributed by atoms with van der Waals surface area (Å²) in [7, 11) is 0. The zero-order chi connectivity index (χ0) is 57.1. The highest BCUT2D eigenvalue weighted by Gasteiger charge is 2.19. The van der Waals surface area contributed by atoms with Crippen LogP contribution in [-0.4, -0.2) is 37.2 Å². The monoisotopic (exact) mass is 1100 g/mol. The van der Waals surface area contributed by atoms with Crippen LogP contribution in [0.5, 0.6) is 0 Å². The molecule has 0 aromatic carbocycles. The Morgan fingerprint density at radius 2 is 0.494 bits per heavy atom. The maximum Gasteiger partial charge on any atom is 0.306 e. The zero-order valence-electron chi connectivity index (χ0n) is 51.9. The Morgan fingerprint density at radius 3 is 0.772 bits per heavy atom. The lowest BCUT2D eigenvalue weighted by molar-refractivity contribution is -0.167. The standard InChI is InChI=1S/C73H124O6/c1-4-7-10-13-16-19-21-23-25-27-28-29-30-31-32-33-34-35-36-37-38-39-40-41-42-43-44-46-47-49-51-54-57-60-63-66-72(75)78-69-70(68-77-71(74)65-62-59-56-53-18-15-12-9-6-3)79-73(76)67-64-61-58-55-52-50-48-45-26-24-22-20-17-14-11-8-5-2/h7,10,16,19,23,25,28-29,31-32,34-35,37-38,40-41,43-44,70H,4-6,8-9,11-15,17-18,20-22,24,26-27,30,33,36,39,42,45-69H2,1-3H3/b10-7-,19-16-,25-23-,29-28-,32-31-,35-34-,38-37-,41-40-,44-43-. The molecule has 1 unspecified atom stereocenters. The van der Waals surface area contributed by atoms with Crippen LogP contribution in [0.15, 0.2) is 109 Å². The Kier molecular flexibility index (Phi) is 63.3. The molecule has 0 N–H and O–H groups in total. The maximum absolute atomic E-state index is 12.9. The Bertz CT molecular complexity index is 1590. The summed E-state index contributed by atoms with van der Waals surface area (Å²) >= 11 is 0. The number of hydrogen-bond acceptors (Lipinski definition) is 6. The number of unbranched alkanes of at least 4 members (excludes halogenated alkanes) is 31. The van der Waals surface area contributed by atoms with E-state index in [4.69, 9.17) is 14.2 Å². The largest absolute Gasteiger partial charge is 0.462 e. The van der Waals surface area contributed by atoms with Crippen LogP contribution in [0.3, 0.4) is 0 Å². The first-order valence-corrected chi connectivity index (χ1v) is 33.4. The molecule has 0 aromatic rings. The molecule has 6 nitrogen and oxygen atoms in total. The first-order valence-electron chi connectivity index (χ1n) is 33.4. The summed E-state index contributed by atoms with van der Waals surface area (Å²) in [5.41, 5.74) is 0. The summed E-state index contributed by atoms with van der Waals surface area (Å²) in [5, 5.41) is 0. The van der Waals surface area contributed by atoms with E-state index in [1.807, 2.05) is 0 Å². The lowest BCUT2D eigenvalue weighted by atomic mass is 10.0. The fourth-order valence-electron chi connectivity index (χ4n) is 9.32. The average Bonchev–Trinajstić information content (AvgIpc) is 3.45. The molecular weight excluding hydrogens is 973 g/mol. The normalized spacial score (nSPS) is 12.8. The molecule has 0 aliphatic rings. The third-order valence-corrected chi connectivity index (χ3v) is 14.3. The van der Waals surface area contributed by atoms with Crippen molar-refractivity contribution >= 4 is 17.9 Å². The van der Waals surface area contributed by atoms with Gasteiger partial charge < -0.3 is 14.2 Å². The molecule has 6 heteroatoms. The molecule has 0 aliphatic heterocycles. The van der Waals surface area contributed by atoms with E-state index in [1.165, 1.54) is 154 Å². The van der Waals surface area contributed by atoms with Gasteiger partial charge in [-0.1, -0.05) is 316 Å². The molecule has 0 rings (SSSR count). The van der Waals surface area contributed by atoms with E-state index in [-0.39, 0.29) is 31.1 Å². The van der Waals surface area contributed by atoms with Crippen molar-refractivity contribution in [3.63, 3.8) is 0 Å². The molecule has 0 spiro atoms. The van der Waals surface area contributed by atoms with Crippen LogP contribution >= 0.6 is 0 Å². The second-order valence-electron chi connectivity index (χ2n) is 22.0. The smallest absolute Gasteiger partial charge is 0.306 e. The second kappa shape index (κ2) is 66.6. The van der Waals surface area contributed by atoms with Gasteiger partial charge in [0.1, 0.15) is 13.2 Å². The van der Waals surface area contributed by atoms with Gasteiger partial charge in [0.25, 0.3) is 0 Å². The predicted molar refractivity (Wildman–Crippen MR) is 343 cm³/mol. The van der Waals surface area contributed by atoms with E-state index in [9.17, 15) is 14.4 Å². The van der Waals surface area contributed by atoms with E-state index in [2.05, 4.69) is 130 Å². The van der Waals surface area contributed by atoms with Crippen LogP contribution in [0.2, 0.25) is 0 Å². The van der Waals surface area contributed by atoms with Gasteiger partial charge >= 0.3 is 17.9 Å².